The van der Waals surface area contributed by atoms with Crippen molar-refractivity contribution in [1.29, 1.82) is 0 Å². The lowest BCUT2D eigenvalue weighted by Crippen LogP contribution is -2.43. The third-order valence-electron chi connectivity index (χ3n) is 4.78. The number of aliphatic hydroxyl groups excluding tert-OH is 1. The van der Waals surface area contributed by atoms with E-state index in [1.165, 1.54) is 5.56 Å². The van der Waals surface area contributed by atoms with Crippen LogP contribution in [0.25, 0.3) is 0 Å². The van der Waals surface area contributed by atoms with Gasteiger partial charge < -0.3 is 15.2 Å². The number of amides is 1. The van der Waals surface area contributed by atoms with Gasteiger partial charge in [0.25, 0.3) is 0 Å². The van der Waals surface area contributed by atoms with Crippen LogP contribution in [0.3, 0.4) is 0 Å². The molecule has 1 aromatic rings. The first-order chi connectivity index (χ1) is 11.2. The lowest BCUT2D eigenvalue weighted by atomic mass is 10.0. The Labute approximate surface area is 137 Å². The third-order valence-corrected chi connectivity index (χ3v) is 4.78. The number of nitrogens with one attached hydrogen (secondary N) is 1. The van der Waals surface area contributed by atoms with Gasteiger partial charge in [-0.15, -0.1) is 0 Å². The number of ether oxygens (including phenoxy) is 1. The molecule has 0 saturated carbocycles. The molecule has 2 saturated heterocycles. The number of carbonyl (C=O) groups excluding carboxylic acids is 1. The number of carbonyl (C=O) groups is 1. The van der Waals surface area contributed by atoms with Crippen molar-refractivity contribution in [1.82, 2.24) is 10.2 Å². The van der Waals surface area contributed by atoms with Crippen molar-refractivity contribution in [2.75, 3.05) is 26.3 Å². The lowest BCUT2D eigenvalue weighted by molar-refractivity contribution is -0.129. The zero-order valence-electron chi connectivity index (χ0n) is 13.5. The van der Waals surface area contributed by atoms with E-state index < -0.39 is 0 Å². The zero-order valence-corrected chi connectivity index (χ0v) is 13.5. The minimum absolute atomic E-state index is 0.0161. The standard InChI is InChI=1S/C18H26N2O3/c21-17-9-16(10-19-18(22)15-7-4-8-23-13-15)20(12-17)11-14-5-2-1-3-6-14/h1-3,5-6,15-17,21H,4,7-13H2,(H,19,22)/t15?,16-,17-/m1/s1. The second kappa shape index (κ2) is 7.90. The number of rotatable bonds is 5. The summed E-state index contributed by atoms with van der Waals surface area (Å²) >= 11 is 0. The molecule has 0 bridgehead atoms. The molecule has 2 heterocycles. The number of nitrogens with zero attached hydrogens (tertiary/aromatic N) is 1. The molecule has 23 heavy (non-hydrogen) atoms. The summed E-state index contributed by atoms with van der Waals surface area (Å²) in [4.78, 5) is 14.5. The van der Waals surface area contributed by atoms with Crippen LogP contribution in [-0.4, -0.2) is 54.4 Å². The van der Waals surface area contributed by atoms with Crippen LogP contribution in [0.4, 0.5) is 0 Å². The number of hydrogen-bond donors (Lipinski definition) is 2. The Morgan fingerprint density at radius 1 is 1.35 bits per heavy atom. The molecule has 2 aliphatic rings. The van der Waals surface area contributed by atoms with E-state index in [4.69, 9.17) is 4.74 Å². The van der Waals surface area contributed by atoms with Gasteiger partial charge in [0.2, 0.25) is 5.91 Å². The van der Waals surface area contributed by atoms with E-state index in [-0.39, 0.29) is 24.0 Å². The van der Waals surface area contributed by atoms with Crippen LogP contribution in [0, 0.1) is 5.92 Å². The average Bonchev–Trinajstić information content (AvgIpc) is 2.94. The molecule has 0 radical (unpaired) electrons. The molecular weight excluding hydrogens is 292 g/mol. The monoisotopic (exact) mass is 318 g/mol. The predicted octanol–water partition coefficient (Wildman–Crippen LogP) is 1.16. The van der Waals surface area contributed by atoms with Gasteiger partial charge >= 0.3 is 0 Å². The van der Waals surface area contributed by atoms with Crippen molar-refractivity contribution < 1.29 is 14.6 Å². The van der Waals surface area contributed by atoms with Crippen LogP contribution < -0.4 is 5.32 Å². The first-order valence-corrected chi connectivity index (χ1v) is 8.54. The molecule has 1 unspecified atom stereocenters. The first-order valence-electron chi connectivity index (χ1n) is 8.54. The Morgan fingerprint density at radius 3 is 2.91 bits per heavy atom. The number of β-amino-alcohol motifs (C(OH)–C–C–N with tert-alkyl or cyclic N) is 1. The maximum Gasteiger partial charge on any atom is 0.225 e. The van der Waals surface area contributed by atoms with Crippen molar-refractivity contribution in [2.45, 2.75) is 38.0 Å². The van der Waals surface area contributed by atoms with Gasteiger partial charge in [0.15, 0.2) is 0 Å². The van der Waals surface area contributed by atoms with Crippen LogP contribution >= 0.6 is 0 Å². The molecule has 5 heteroatoms. The van der Waals surface area contributed by atoms with Crippen molar-refractivity contribution in [3.63, 3.8) is 0 Å². The second-order valence-electron chi connectivity index (χ2n) is 6.62. The summed E-state index contributed by atoms with van der Waals surface area (Å²) in [7, 11) is 0. The highest BCUT2D eigenvalue weighted by molar-refractivity contribution is 5.78. The fourth-order valence-corrected chi connectivity index (χ4v) is 3.49. The van der Waals surface area contributed by atoms with Crippen LogP contribution in [0.1, 0.15) is 24.8 Å². The van der Waals surface area contributed by atoms with Crippen LogP contribution in [-0.2, 0) is 16.1 Å². The van der Waals surface area contributed by atoms with Crippen LogP contribution in [0.2, 0.25) is 0 Å². The summed E-state index contributed by atoms with van der Waals surface area (Å²) in [6, 6.07) is 10.5. The fourth-order valence-electron chi connectivity index (χ4n) is 3.49. The molecule has 2 N–H and O–H groups in total. The number of likely N-dealkylation sites (tertiary alicyclic amines) is 1. The van der Waals surface area contributed by atoms with E-state index >= 15 is 0 Å². The number of hydrogen-bond acceptors (Lipinski definition) is 4. The molecule has 5 nitrogen and oxygen atoms in total. The van der Waals surface area contributed by atoms with Gasteiger partial charge in [-0.1, -0.05) is 30.3 Å². The van der Waals surface area contributed by atoms with Gasteiger partial charge in [-0.05, 0) is 24.8 Å². The fraction of sp³-hybridized carbons (Fsp3) is 0.611. The van der Waals surface area contributed by atoms with Crippen molar-refractivity contribution in [2.24, 2.45) is 5.92 Å². The first kappa shape index (κ1) is 16.4. The van der Waals surface area contributed by atoms with Gasteiger partial charge in [0.1, 0.15) is 0 Å². The maximum absolute atomic E-state index is 12.2. The van der Waals surface area contributed by atoms with Gasteiger partial charge in [-0.3, -0.25) is 9.69 Å². The minimum Gasteiger partial charge on any atom is -0.392 e. The van der Waals surface area contributed by atoms with Gasteiger partial charge in [0.05, 0.1) is 18.6 Å². The SMILES string of the molecule is O=C(NC[C@H]1C[C@@H](O)CN1Cc1ccccc1)C1CCCOC1. The van der Waals surface area contributed by atoms with Crippen molar-refractivity contribution in [3.8, 4) is 0 Å². The van der Waals surface area contributed by atoms with E-state index in [1.807, 2.05) is 18.2 Å². The summed E-state index contributed by atoms with van der Waals surface area (Å²) in [5, 5.41) is 13.0. The van der Waals surface area contributed by atoms with Gasteiger partial charge in [0, 0.05) is 32.3 Å². The van der Waals surface area contributed by atoms with Crippen LogP contribution in [0.5, 0.6) is 0 Å². The highest BCUT2D eigenvalue weighted by Crippen LogP contribution is 2.20. The molecule has 2 aliphatic heterocycles. The highest BCUT2D eigenvalue weighted by Gasteiger charge is 2.31. The Hall–Kier alpha value is -1.43. The molecule has 0 aromatic heterocycles. The van der Waals surface area contributed by atoms with E-state index in [2.05, 4.69) is 22.3 Å². The molecule has 0 spiro atoms. The normalized spacial score (nSPS) is 28.7. The lowest BCUT2D eigenvalue weighted by Gasteiger charge is -2.26. The smallest absolute Gasteiger partial charge is 0.225 e. The third kappa shape index (κ3) is 4.53. The van der Waals surface area contributed by atoms with Gasteiger partial charge in [-0.2, -0.15) is 0 Å². The van der Waals surface area contributed by atoms with E-state index in [1.54, 1.807) is 0 Å². The largest absolute Gasteiger partial charge is 0.392 e. The zero-order chi connectivity index (χ0) is 16.1. The topological polar surface area (TPSA) is 61.8 Å². The second-order valence-corrected chi connectivity index (χ2v) is 6.62. The van der Waals surface area contributed by atoms with E-state index in [0.717, 1.165) is 26.0 Å². The quantitative estimate of drug-likeness (QED) is 0.855. The predicted molar refractivity (Wildman–Crippen MR) is 87.8 cm³/mol. The summed E-state index contributed by atoms with van der Waals surface area (Å²) in [6.45, 7) is 3.38. The molecule has 2 fully saturated rings. The summed E-state index contributed by atoms with van der Waals surface area (Å²) in [6.07, 6.45) is 2.28. The summed E-state index contributed by atoms with van der Waals surface area (Å²) in [5.74, 6) is 0.0726. The summed E-state index contributed by atoms with van der Waals surface area (Å²) < 4.78 is 5.38. The summed E-state index contributed by atoms with van der Waals surface area (Å²) in [5.41, 5.74) is 1.23. The highest BCUT2D eigenvalue weighted by atomic mass is 16.5. The van der Waals surface area contributed by atoms with Crippen LogP contribution in [0.15, 0.2) is 30.3 Å². The molecule has 0 aliphatic carbocycles. The molecular formula is C18H26N2O3. The molecule has 3 rings (SSSR count). The number of aliphatic hydroxyl groups is 1. The molecule has 3 atom stereocenters. The molecule has 126 valence electrons. The van der Waals surface area contributed by atoms with Crippen molar-refractivity contribution in [3.05, 3.63) is 35.9 Å². The Kier molecular flexibility index (Phi) is 5.65. The maximum atomic E-state index is 12.2. The van der Waals surface area contributed by atoms with E-state index in [0.29, 0.717) is 26.1 Å². The Morgan fingerprint density at radius 2 is 2.17 bits per heavy atom. The molecule has 1 amide bonds. The van der Waals surface area contributed by atoms with E-state index in [9.17, 15) is 9.90 Å². The van der Waals surface area contributed by atoms with Crippen molar-refractivity contribution >= 4 is 5.91 Å². The average molecular weight is 318 g/mol. The Bertz CT molecular complexity index is 502. The molecule has 1 aromatic carbocycles. The minimum atomic E-state index is -0.307. The van der Waals surface area contributed by atoms with Gasteiger partial charge in [-0.25, -0.2) is 0 Å². The Balaban J connectivity index is 1.51. The number of benzene rings is 1.